The maximum atomic E-state index is 12.2. The van der Waals surface area contributed by atoms with Gasteiger partial charge in [0.05, 0.1) is 6.54 Å². The number of rotatable bonds is 4. The molecule has 0 saturated heterocycles. The van der Waals surface area contributed by atoms with Crippen molar-refractivity contribution in [2.24, 2.45) is 5.73 Å². The first-order valence-corrected chi connectivity index (χ1v) is 7.17. The molecule has 1 aromatic heterocycles. The van der Waals surface area contributed by atoms with E-state index < -0.39 is 0 Å². The van der Waals surface area contributed by atoms with E-state index in [1.807, 2.05) is 24.3 Å². The van der Waals surface area contributed by atoms with Crippen LogP contribution >= 0.6 is 0 Å². The minimum absolute atomic E-state index is 0.0372. The number of amides is 1. The summed E-state index contributed by atoms with van der Waals surface area (Å²) in [5.41, 5.74) is 7.54. The Bertz CT molecular complexity index is 653. The summed E-state index contributed by atoms with van der Waals surface area (Å²) in [5.74, 6) is 1.03. The van der Waals surface area contributed by atoms with Gasteiger partial charge >= 0.3 is 0 Å². The summed E-state index contributed by atoms with van der Waals surface area (Å²) in [4.78, 5) is 18.3. The van der Waals surface area contributed by atoms with E-state index in [-0.39, 0.29) is 18.5 Å². The number of aryl methyl sites for hydroxylation is 1. The Labute approximate surface area is 122 Å². The highest BCUT2D eigenvalue weighted by Gasteiger charge is 2.36. The molecule has 2 heterocycles. The molecule has 1 aromatic carbocycles. The van der Waals surface area contributed by atoms with Gasteiger partial charge in [0.1, 0.15) is 6.04 Å². The van der Waals surface area contributed by atoms with E-state index in [0.29, 0.717) is 18.1 Å². The number of nitrogens with two attached hydrogens (primary N) is 1. The van der Waals surface area contributed by atoms with Gasteiger partial charge in [0.15, 0.2) is 5.82 Å². The van der Waals surface area contributed by atoms with E-state index in [2.05, 4.69) is 17.1 Å². The summed E-state index contributed by atoms with van der Waals surface area (Å²) in [6, 6.07) is 7.59. The Hall–Kier alpha value is -2.21. The second kappa shape index (κ2) is 5.65. The molecule has 2 aromatic rings. The second-order valence-corrected chi connectivity index (χ2v) is 5.11. The minimum Gasteiger partial charge on any atom is -0.339 e. The topological polar surface area (TPSA) is 85.2 Å². The molecule has 0 bridgehead atoms. The molecule has 1 amide bonds. The van der Waals surface area contributed by atoms with Crippen LogP contribution < -0.4 is 10.6 Å². The Kier molecular flexibility index (Phi) is 3.70. The number of aromatic nitrogens is 2. The fraction of sp³-hybridized carbons (Fsp3) is 0.400. The van der Waals surface area contributed by atoms with Gasteiger partial charge in [-0.15, -0.1) is 0 Å². The van der Waals surface area contributed by atoms with Crippen LogP contribution in [0, 0.1) is 0 Å². The van der Waals surface area contributed by atoms with Crippen molar-refractivity contribution in [2.75, 3.05) is 11.4 Å². The summed E-state index contributed by atoms with van der Waals surface area (Å²) in [6.45, 7) is 2.02. The van der Waals surface area contributed by atoms with Crippen molar-refractivity contribution < 1.29 is 9.32 Å². The minimum atomic E-state index is -0.229. The number of carbonyl (C=O) groups excluding carboxylic acids is 1. The second-order valence-electron chi connectivity index (χ2n) is 5.11. The Morgan fingerprint density at radius 3 is 3.05 bits per heavy atom. The van der Waals surface area contributed by atoms with Gasteiger partial charge in [-0.25, -0.2) is 0 Å². The number of carbonyl (C=O) groups is 1. The van der Waals surface area contributed by atoms with Crippen molar-refractivity contribution in [3.63, 3.8) is 0 Å². The lowest BCUT2D eigenvalue weighted by atomic mass is 10.1. The number of hydrogen-bond acceptors (Lipinski definition) is 5. The normalized spacial score (nSPS) is 17.0. The third-order valence-corrected chi connectivity index (χ3v) is 3.67. The Morgan fingerprint density at radius 2 is 2.29 bits per heavy atom. The largest absolute Gasteiger partial charge is 0.339 e. The van der Waals surface area contributed by atoms with Crippen LogP contribution in [0.5, 0.6) is 0 Å². The van der Waals surface area contributed by atoms with Gasteiger partial charge < -0.3 is 10.3 Å². The zero-order valence-electron chi connectivity index (χ0n) is 12.0. The third-order valence-electron chi connectivity index (χ3n) is 3.67. The zero-order valence-corrected chi connectivity index (χ0v) is 12.0. The number of anilines is 1. The van der Waals surface area contributed by atoms with Gasteiger partial charge in [0.2, 0.25) is 11.8 Å². The molecule has 2 N–H and O–H groups in total. The van der Waals surface area contributed by atoms with Gasteiger partial charge in [-0.05, 0) is 18.1 Å². The lowest BCUT2D eigenvalue weighted by Gasteiger charge is -2.22. The average Bonchev–Trinajstić information content (AvgIpc) is 3.10. The van der Waals surface area contributed by atoms with Crippen molar-refractivity contribution >= 4 is 11.6 Å². The van der Waals surface area contributed by atoms with E-state index in [0.717, 1.165) is 24.1 Å². The quantitative estimate of drug-likeness (QED) is 0.923. The standard InChI is InChI=1S/C15H18N4O2/c1-2-5-13-17-15(18-21-13)12-8-10-6-3-4-7-11(10)19(12)14(20)9-16/h3-4,6-7,12H,2,5,8-9,16H2,1H3. The molecule has 1 aliphatic heterocycles. The number of fused-ring (bicyclic) bond motifs is 1. The van der Waals surface area contributed by atoms with Gasteiger partial charge in [0.25, 0.3) is 0 Å². The van der Waals surface area contributed by atoms with E-state index in [9.17, 15) is 4.79 Å². The maximum Gasteiger partial charge on any atom is 0.241 e. The van der Waals surface area contributed by atoms with Crippen molar-refractivity contribution in [2.45, 2.75) is 32.2 Å². The van der Waals surface area contributed by atoms with Crippen LogP contribution in [0.3, 0.4) is 0 Å². The number of nitrogens with zero attached hydrogens (tertiary/aromatic N) is 3. The average molecular weight is 286 g/mol. The first-order chi connectivity index (χ1) is 10.2. The maximum absolute atomic E-state index is 12.2. The van der Waals surface area contributed by atoms with Gasteiger partial charge in [-0.2, -0.15) is 4.98 Å². The molecule has 0 fully saturated rings. The van der Waals surface area contributed by atoms with Crippen molar-refractivity contribution in [1.82, 2.24) is 10.1 Å². The molecule has 1 aliphatic rings. The molecule has 0 spiro atoms. The van der Waals surface area contributed by atoms with Crippen LogP contribution in [-0.2, 0) is 17.6 Å². The van der Waals surface area contributed by atoms with Gasteiger partial charge in [-0.3, -0.25) is 9.69 Å². The molecule has 110 valence electrons. The van der Waals surface area contributed by atoms with Crippen LogP contribution in [0.15, 0.2) is 28.8 Å². The molecule has 3 rings (SSSR count). The summed E-state index contributed by atoms with van der Waals surface area (Å²) in [7, 11) is 0. The molecule has 0 aliphatic carbocycles. The highest BCUT2D eigenvalue weighted by atomic mass is 16.5. The van der Waals surface area contributed by atoms with Crippen molar-refractivity contribution in [3.8, 4) is 0 Å². The van der Waals surface area contributed by atoms with E-state index in [1.165, 1.54) is 0 Å². The highest BCUT2D eigenvalue weighted by Crippen LogP contribution is 2.39. The van der Waals surface area contributed by atoms with Gasteiger partial charge in [-0.1, -0.05) is 30.3 Å². The van der Waals surface area contributed by atoms with Crippen LogP contribution in [0.4, 0.5) is 5.69 Å². The molecule has 1 unspecified atom stereocenters. The fourth-order valence-electron chi connectivity index (χ4n) is 2.72. The number of para-hydroxylation sites is 1. The third kappa shape index (κ3) is 2.42. The predicted molar refractivity (Wildman–Crippen MR) is 77.7 cm³/mol. The lowest BCUT2D eigenvalue weighted by molar-refractivity contribution is -0.117. The van der Waals surface area contributed by atoms with Crippen molar-refractivity contribution in [3.05, 3.63) is 41.5 Å². The molecule has 21 heavy (non-hydrogen) atoms. The fourth-order valence-corrected chi connectivity index (χ4v) is 2.72. The number of benzene rings is 1. The van der Waals surface area contributed by atoms with Crippen LogP contribution in [0.2, 0.25) is 0 Å². The van der Waals surface area contributed by atoms with Gasteiger partial charge in [0, 0.05) is 18.5 Å². The summed E-state index contributed by atoms with van der Waals surface area (Å²) < 4.78 is 5.25. The van der Waals surface area contributed by atoms with E-state index in [1.54, 1.807) is 4.90 Å². The summed E-state index contributed by atoms with van der Waals surface area (Å²) >= 11 is 0. The molecule has 1 atom stereocenters. The molecular formula is C15H18N4O2. The van der Waals surface area contributed by atoms with Crippen LogP contribution in [0.1, 0.15) is 36.7 Å². The van der Waals surface area contributed by atoms with E-state index >= 15 is 0 Å². The SMILES string of the molecule is CCCc1nc(C2Cc3ccccc3N2C(=O)CN)no1. The molecule has 6 nitrogen and oxygen atoms in total. The molecule has 0 saturated carbocycles. The first-order valence-electron chi connectivity index (χ1n) is 7.17. The number of hydrogen-bond donors (Lipinski definition) is 1. The lowest BCUT2D eigenvalue weighted by Crippen LogP contribution is -2.37. The Balaban J connectivity index is 1.96. The predicted octanol–water partition coefficient (Wildman–Crippen LogP) is 1.61. The first kappa shape index (κ1) is 13.8. The van der Waals surface area contributed by atoms with Crippen LogP contribution in [-0.4, -0.2) is 22.6 Å². The summed E-state index contributed by atoms with van der Waals surface area (Å²) in [5, 5.41) is 4.05. The van der Waals surface area contributed by atoms with Crippen molar-refractivity contribution in [1.29, 1.82) is 0 Å². The molecule has 0 radical (unpaired) electrons. The molecular weight excluding hydrogens is 268 g/mol. The van der Waals surface area contributed by atoms with Crippen LogP contribution in [0.25, 0.3) is 0 Å². The van der Waals surface area contributed by atoms with E-state index in [4.69, 9.17) is 10.3 Å². The highest BCUT2D eigenvalue weighted by molar-refractivity contribution is 5.97. The molecule has 6 heteroatoms. The summed E-state index contributed by atoms with van der Waals surface area (Å²) in [6.07, 6.45) is 2.38. The Morgan fingerprint density at radius 1 is 1.48 bits per heavy atom. The zero-order chi connectivity index (χ0) is 14.8. The smallest absolute Gasteiger partial charge is 0.241 e. The monoisotopic (exact) mass is 286 g/mol.